The van der Waals surface area contributed by atoms with Crippen molar-refractivity contribution in [3.63, 3.8) is 0 Å². The molecule has 0 saturated carbocycles. The SMILES string of the molecule is CN=CC(=CN)c1cc(Nc2ncc(Br)c(Nc3ccc4nccnc4c3P(C)(C)=O)n2)c(OC)cc1N1CCC2(CC1)CCN(C(C)C)CC2. The minimum atomic E-state index is -2.78. The Hall–Kier alpha value is -4.06. The molecular weight excluding hydrogens is 727 g/mol. The predicted octanol–water partition coefficient (Wildman–Crippen LogP) is 7.02. The smallest absolute Gasteiger partial charge is 0.229 e. The molecule has 2 aliphatic rings. The molecule has 2 aromatic heterocycles. The van der Waals surface area contributed by atoms with Crippen molar-refractivity contribution in [2.75, 3.05) is 69.2 Å². The Morgan fingerprint density at radius 2 is 1.75 bits per heavy atom. The summed E-state index contributed by atoms with van der Waals surface area (Å²) in [6.45, 7) is 12.3. The van der Waals surface area contributed by atoms with Gasteiger partial charge in [0.05, 0.1) is 33.8 Å². The number of aromatic nitrogens is 4. The Morgan fingerprint density at radius 3 is 2.39 bits per heavy atom. The van der Waals surface area contributed by atoms with Gasteiger partial charge in [0.2, 0.25) is 5.95 Å². The van der Waals surface area contributed by atoms with Crippen molar-refractivity contribution < 1.29 is 9.30 Å². The van der Waals surface area contributed by atoms with Crippen LogP contribution in [0.25, 0.3) is 16.6 Å². The summed E-state index contributed by atoms with van der Waals surface area (Å²) in [7, 11) is 0.633. The van der Waals surface area contributed by atoms with Crippen LogP contribution in [-0.4, -0.2) is 90.8 Å². The Kier molecular flexibility index (Phi) is 11.0. The van der Waals surface area contributed by atoms with E-state index in [2.05, 4.69) is 76.2 Å². The topological polar surface area (TPSA) is 147 Å². The number of nitrogens with zero attached hydrogens (tertiary/aromatic N) is 7. The summed E-state index contributed by atoms with van der Waals surface area (Å²) in [6, 6.07) is 8.41. The van der Waals surface area contributed by atoms with Crippen LogP contribution in [0.3, 0.4) is 0 Å². The fourth-order valence-electron chi connectivity index (χ4n) is 7.34. The third kappa shape index (κ3) is 7.90. The van der Waals surface area contributed by atoms with E-state index in [-0.39, 0.29) is 0 Å². The molecule has 0 radical (unpaired) electrons. The Bertz CT molecular complexity index is 2000. The maximum atomic E-state index is 13.5. The summed E-state index contributed by atoms with van der Waals surface area (Å²) in [4.78, 5) is 27.6. The van der Waals surface area contributed by atoms with E-state index in [0.29, 0.717) is 61.2 Å². The van der Waals surface area contributed by atoms with Crippen LogP contribution in [0.2, 0.25) is 0 Å². The van der Waals surface area contributed by atoms with Crippen LogP contribution in [0.15, 0.2) is 58.5 Å². The minimum absolute atomic E-state index is 0.339. The number of piperidine rings is 2. The van der Waals surface area contributed by atoms with Crippen molar-refractivity contribution >= 4 is 80.0 Å². The predicted molar refractivity (Wildman–Crippen MR) is 214 cm³/mol. The summed E-state index contributed by atoms with van der Waals surface area (Å²) >= 11 is 3.59. The lowest BCUT2D eigenvalue weighted by Gasteiger charge is -2.48. The maximum Gasteiger partial charge on any atom is 0.229 e. The molecule has 0 unspecified atom stereocenters. The second kappa shape index (κ2) is 15.3. The molecule has 0 amide bonds. The van der Waals surface area contributed by atoms with Gasteiger partial charge >= 0.3 is 0 Å². The highest BCUT2D eigenvalue weighted by molar-refractivity contribution is 9.10. The monoisotopic (exact) mass is 774 g/mol. The zero-order valence-corrected chi connectivity index (χ0v) is 32.8. The Labute approximate surface area is 308 Å². The first-order valence-electron chi connectivity index (χ1n) is 17.4. The molecule has 2 aliphatic heterocycles. The van der Waals surface area contributed by atoms with Crippen LogP contribution in [0, 0.1) is 5.41 Å². The average Bonchev–Trinajstić information content (AvgIpc) is 3.12. The van der Waals surface area contributed by atoms with Crippen LogP contribution < -0.4 is 31.3 Å². The van der Waals surface area contributed by atoms with Crippen LogP contribution in [-0.2, 0) is 4.57 Å². The lowest BCUT2D eigenvalue weighted by atomic mass is 9.71. The maximum absolute atomic E-state index is 13.5. The minimum Gasteiger partial charge on any atom is -0.494 e. The molecule has 51 heavy (non-hydrogen) atoms. The number of fused-ring (bicyclic) bond motifs is 1. The van der Waals surface area contributed by atoms with Crippen molar-refractivity contribution in [2.45, 2.75) is 45.6 Å². The second-order valence-electron chi connectivity index (χ2n) is 14.1. The summed E-state index contributed by atoms with van der Waals surface area (Å²) < 4.78 is 20.1. The number of anilines is 5. The van der Waals surface area contributed by atoms with Gasteiger partial charge in [0.25, 0.3) is 0 Å². The van der Waals surface area contributed by atoms with Gasteiger partial charge in [0, 0.05) is 80.1 Å². The quantitative estimate of drug-likeness (QED) is 0.113. The summed E-state index contributed by atoms with van der Waals surface area (Å²) in [5, 5.41) is 7.36. The molecule has 12 nitrogen and oxygen atoms in total. The number of benzene rings is 2. The van der Waals surface area contributed by atoms with E-state index in [1.165, 1.54) is 25.9 Å². The molecule has 0 aliphatic carbocycles. The van der Waals surface area contributed by atoms with E-state index in [9.17, 15) is 4.57 Å². The molecule has 270 valence electrons. The highest BCUT2D eigenvalue weighted by Crippen LogP contribution is 2.45. The third-order valence-electron chi connectivity index (χ3n) is 10.2. The normalized spacial score (nSPS) is 17.1. The first-order chi connectivity index (χ1) is 24.4. The van der Waals surface area contributed by atoms with Crippen LogP contribution in [0.1, 0.15) is 45.1 Å². The van der Waals surface area contributed by atoms with E-state index < -0.39 is 7.14 Å². The second-order valence-corrected chi connectivity index (χ2v) is 18.1. The van der Waals surface area contributed by atoms with Crippen molar-refractivity contribution in [3.8, 4) is 5.75 Å². The molecular formula is C37H48BrN10O2P. The zero-order chi connectivity index (χ0) is 36.3. The van der Waals surface area contributed by atoms with Gasteiger partial charge in [-0.3, -0.25) is 15.0 Å². The van der Waals surface area contributed by atoms with E-state index in [4.69, 9.17) is 15.5 Å². The molecule has 0 atom stereocenters. The van der Waals surface area contributed by atoms with Crippen LogP contribution in [0.4, 0.5) is 28.8 Å². The molecule has 4 N–H and O–H groups in total. The number of nitrogens with one attached hydrogen (secondary N) is 2. The first-order valence-corrected chi connectivity index (χ1v) is 20.8. The van der Waals surface area contributed by atoms with Gasteiger partial charge in [-0.05, 0) is 105 Å². The number of hydrogen-bond acceptors (Lipinski definition) is 12. The molecule has 2 aromatic carbocycles. The number of nitrogens with two attached hydrogens (primary N) is 1. The number of ether oxygens (including phenoxy) is 1. The van der Waals surface area contributed by atoms with E-state index in [0.717, 1.165) is 42.8 Å². The lowest BCUT2D eigenvalue weighted by molar-refractivity contribution is 0.0632. The standard InChI is InChI=1S/C37H48BrN10O2P/c1-24(2)47-15-9-37(10-16-47)11-17-48(18-12-37)31-20-32(50-4)30(19-26(31)25(21-39)22-40-3)45-36-43-23-27(38)35(46-36)44-29-8-7-28-33(42-14-13-41-28)34(29)51(5,6)49/h7-8,13-14,19-24H,9-12,15-18,39H2,1-6H3,(H2,43,44,45,46). The van der Waals surface area contributed by atoms with Crippen molar-refractivity contribution in [2.24, 2.45) is 16.1 Å². The number of allylic oxidation sites excluding steroid dienone is 1. The molecule has 6 rings (SSSR count). The molecule has 2 fully saturated rings. The van der Waals surface area contributed by atoms with E-state index >= 15 is 0 Å². The largest absolute Gasteiger partial charge is 0.494 e. The summed E-state index contributed by atoms with van der Waals surface area (Å²) in [5.41, 5.74) is 12.0. The van der Waals surface area contributed by atoms with E-state index in [1.54, 1.807) is 58.5 Å². The zero-order valence-electron chi connectivity index (χ0n) is 30.3. The number of methoxy groups -OCH3 is 1. The summed E-state index contributed by atoms with van der Waals surface area (Å²) in [5.74, 6) is 1.48. The van der Waals surface area contributed by atoms with Gasteiger partial charge in [-0.25, -0.2) is 4.98 Å². The Morgan fingerprint density at radius 1 is 1.04 bits per heavy atom. The Balaban J connectivity index is 1.30. The summed E-state index contributed by atoms with van der Waals surface area (Å²) in [6.07, 6.45) is 13.1. The number of hydrogen-bond donors (Lipinski definition) is 3. The van der Waals surface area contributed by atoms with Gasteiger partial charge in [0.1, 0.15) is 24.2 Å². The highest BCUT2D eigenvalue weighted by Gasteiger charge is 2.38. The molecule has 0 bridgehead atoms. The number of aliphatic imine (C=N–C) groups is 1. The number of rotatable bonds is 10. The van der Waals surface area contributed by atoms with Gasteiger partial charge in [-0.2, -0.15) is 4.98 Å². The lowest BCUT2D eigenvalue weighted by Crippen LogP contribution is -2.48. The van der Waals surface area contributed by atoms with Crippen molar-refractivity contribution in [3.05, 3.63) is 59.1 Å². The molecule has 14 heteroatoms. The number of likely N-dealkylation sites (tertiary alicyclic amines) is 1. The number of halogens is 1. The molecule has 2 saturated heterocycles. The van der Waals surface area contributed by atoms with Crippen molar-refractivity contribution in [1.82, 2.24) is 24.8 Å². The van der Waals surface area contributed by atoms with Gasteiger partial charge in [0.15, 0.2) is 0 Å². The highest BCUT2D eigenvalue weighted by atomic mass is 79.9. The molecule has 1 spiro atoms. The third-order valence-corrected chi connectivity index (χ3v) is 12.3. The fraction of sp³-hybridized carbons (Fsp3) is 0.432. The van der Waals surface area contributed by atoms with Gasteiger partial charge in [-0.15, -0.1) is 0 Å². The van der Waals surface area contributed by atoms with E-state index in [1.807, 2.05) is 18.2 Å². The fourth-order valence-corrected chi connectivity index (χ4v) is 9.02. The van der Waals surface area contributed by atoms with Crippen LogP contribution >= 0.6 is 23.1 Å². The average molecular weight is 776 g/mol. The van der Waals surface area contributed by atoms with Crippen molar-refractivity contribution in [1.29, 1.82) is 0 Å². The molecule has 4 heterocycles. The molecule has 4 aromatic rings. The van der Waals surface area contributed by atoms with Gasteiger partial charge in [-0.1, -0.05) is 0 Å². The first kappa shape index (κ1) is 36.7. The van der Waals surface area contributed by atoms with Crippen LogP contribution in [0.5, 0.6) is 5.75 Å². The van der Waals surface area contributed by atoms with Gasteiger partial charge < -0.3 is 35.5 Å².